The summed E-state index contributed by atoms with van der Waals surface area (Å²) in [4.78, 5) is 16.2. The lowest BCUT2D eigenvalue weighted by atomic mass is 9.73. The van der Waals surface area contributed by atoms with Gasteiger partial charge in [0.05, 0.1) is 24.2 Å². The van der Waals surface area contributed by atoms with Crippen molar-refractivity contribution in [3.8, 4) is 0 Å². The third-order valence-corrected chi connectivity index (χ3v) is 11.6. The Morgan fingerprint density at radius 1 is 0.957 bits per heavy atom. The number of carbonyl (C=O) groups is 1. The average molecular weight is 657 g/mol. The van der Waals surface area contributed by atoms with Crippen molar-refractivity contribution >= 4 is 37.2 Å². The molecule has 2 heterocycles. The van der Waals surface area contributed by atoms with E-state index in [2.05, 4.69) is 99.3 Å². The quantitative estimate of drug-likeness (QED) is 0.109. The predicted molar refractivity (Wildman–Crippen MR) is 204 cm³/mol. The van der Waals surface area contributed by atoms with Gasteiger partial charge in [-0.15, -0.1) is 0 Å². The first kappa shape index (κ1) is 41.2. The van der Waals surface area contributed by atoms with Crippen LogP contribution in [0.4, 0.5) is 5.69 Å². The fourth-order valence-corrected chi connectivity index (χ4v) is 6.89. The highest BCUT2D eigenvalue weighted by atomic mass is 32.1. The van der Waals surface area contributed by atoms with Gasteiger partial charge in [0.25, 0.3) is 0 Å². The zero-order valence-electron chi connectivity index (χ0n) is 31.8. The van der Waals surface area contributed by atoms with Crippen LogP contribution in [0.3, 0.4) is 0 Å². The molecule has 2 fully saturated rings. The number of unbranched alkanes of at least 4 members (excludes halogenated alkanes) is 3. The molecule has 1 aliphatic carbocycles. The van der Waals surface area contributed by atoms with E-state index in [1.807, 2.05) is 7.48 Å². The Hall–Kier alpha value is -0.975. The number of thiol groups is 1. The van der Waals surface area contributed by atoms with Gasteiger partial charge in [-0.05, 0) is 76.8 Å². The standard InChI is InChI=1S/C27H43BNO2S.C7H14O.C6H14/c1-8-11-19-16-21(17-19)29-23-18-20(28-31-25(4,5)26(6,7)32)12-13-22(23)27(14-9-2,15-10-3)24(29)30;1-3-6(2)7-4-8-5-7;1-3-5-6-4-2/h12-13,18-19,21,32H,8-11,14-17H2,1-7H3;6-7H,3-5H2,1-2H3;3-6H2,1-2H3. The number of amides is 1. The van der Waals surface area contributed by atoms with Crippen LogP contribution >= 0.6 is 12.6 Å². The molecule has 1 aromatic carbocycles. The van der Waals surface area contributed by atoms with E-state index in [0.717, 1.165) is 80.6 Å². The summed E-state index contributed by atoms with van der Waals surface area (Å²) in [5.74, 6) is 2.86. The Morgan fingerprint density at radius 2 is 1.54 bits per heavy atom. The Bertz CT molecular complexity index is 1020. The maximum Gasteiger partial charge on any atom is 0.330 e. The molecule has 1 atom stereocenters. The molecule has 4 nitrogen and oxygen atoms in total. The first-order valence-electron chi connectivity index (χ1n) is 19.1. The van der Waals surface area contributed by atoms with E-state index in [9.17, 15) is 4.79 Å². The zero-order valence-corrected chi connectivity index (χ0v) is 32.7. The molecule has 1 radical (unpaired) electrons. The summed E-state index contributed by atoms with van der Waals surface area (Å²) in [6.45, 7) is 25.9. The number of hydrogen-bond donors (Lipinski definition) is 1. The summed E-state index contributed by atoms with van der Waals surface area (Å²) in [5, 5.41) is 0. The molecule has 1 unspecified atom stereocenters. The molecule has 0 spiro atoms. The van der Waals surface area contributed by atoms with E-state index in [0.29, 0.717) is 11.9 Å². The Morgan fingerprint density at radius 3 is 1.96 bits per heavy atom. The van der Waals surface area contributed by atoms with Crippen molar-refractivity contribution in [3.05, 3.63) is 23.8 Å². The van der Waals surface area contributed by atoms with Crippen LogP contribution in [0.15, 0.2) is 18.2 Å². The van der Waals surface area contributed by atoms with E-state index in [-0.39, 0.29) is 10.2 Å². The van der Waals surface area contributed by atoms with Crippen LogP contribution in [0, 0.1) is 17.8 Å². The smallest absolute Gasteiger partial charge is 0.330 e. The minimum Gasteiger partial charge on any atom is -0.428 e. The molecule has 3 aliphatic rings. The Balaban J connectivity index is 0.000000433. The van der Waals surface area contributed by atoms with Gasteiger partial charge in [0.2, 0.25) is 5.91 Å². The molecular formula is C40H71BNO3S. The van der Waals surface area contributed by atoms with Gasteiger partial charge in [-0.1, -0.05) is 124 Å². The number of ether oxygens (including phenoxy) is 1. The van der Waals surface area contributed by atoms with E-state index in [1.165, 1.54) is 50.5 Å². The zero-order chi connectivity index (χ0) is 34.5. The molecule has 1 amide bonds. The van der Waals surface area contributed by atoms with Crippen molar-refractivity contribution in [1.29, 1.82) is 0 Å². The van der Waals surface area contributed by atoms with Crippen LogP contribution in [-0.4, -0.2) is 43.0 Å². The van der Waals surface area contributed by atoms with Gasteiger partial charge in [-0.25, -0.2) is 0 Å². The summed E-state index contributed by atoms with van der Waals surface area (Å²) >= 11 is 4.72. The summed E-state index contributed by atoms with van der Waals surface area (Å²) in [6.07, 6.45) is 15.5. The second kappa shape index (κ2) is 19.3. The molecule has 46 heavy (non-hydrogen) atoms. The number of fused-ring (bicyclic) bond motifs is 1. The number of benzene rings is 1. The topological polar surface area (TPSA) is 38.8 Å². The molecule has 1 saturated carbocycles. The van der Waals surface area contributed by atoms with Crippen molar-refractivity contribution in [2.75, 3.05) is 18.1 Å². The van der Waals surface area contributed by atoms with E-state index < -0.39 is 5.60 Å². The first-order valence-corrected chi connectivity index (χ1v) is 19.5. The maximum atomic E-state index is 14.0. The molecule has 1 aromatic rings. The van der Waals surface area contributed by atoms with Crippen LogP contribution in [0.5, 0.6) is 0 Å². The SMILES string of the molecule is CCC(C)C1COC1.CCCC1CC(N2C(=O)C(CCC)(CCC)c3ccc([B]OC(C)(C)C(C)(C)S)cc32)C1.CCCCCC. The second-order valence-corrected chi connectivity index (χ2v) is 16.6. The predicted octanol–water partition coefficient (Wildman–Crippen LogP) is 10.5. The number of hydrogen-bond acceptors (Lipinski definition) is 4. The maximum absolute atomic E-state index is 14.0. The van der Waals surface area contributed by atoms with Gasteiger partial charge in [0.15, 0.2) is 0 Å². The summed E-state index contributed by atoms with van der Waals surface area (Å²) < 4.78 is 11.0. The molecule has 0 bridgehead atoms. The third kappa shape index (κ3) is 10.5. The lowest BCUT2D eigenvalue weighted by molar-refractivity contribution is -0.124. The molecule has 1 saturated heterocycles. The Labute approximate surface area is 291 Å². The molecule has 263 valence electrons. The van der Waals surface area contributed by atoms with Crippen LogP contribution in [-0.2, 0) is 19.6 Å². The van der Waals surface area contributed by atoms with Crippen molar-refractivity contribution in [1.82, 2.24) is 0 Å². The summed E-state index contributed by atoms with van der Waals surface area (Å²) in [7, 11) is 1.85. The highest BCUT2D eigenvalue weighted by molar-refractivity contribution is 7.81. The summed E-state index contributed by atoms with van der Waals surface area (Å²) in [6, 6.07) is 6.86. The van der Waals surface area contributed by atoms with Crippen molar-refractivity contribution in [2.24, 2.45) is 17.8 Å². The normalized spacial score (nSPS) is 21.2. The van der Waals surface area contributed by atoms with Crippen LogP contribution < -0.4 is 10.4 Å². The number of nitrogens with zero attached hydrogens (tertiary/aromatic N) is 1. The highest BCUT2D eigenvalue weighted by Crippen LogP contribution is 2.51. The van der Waals surface area contributed by atoms with Crippen LogP contribution in [0.1, 0.15) is 165 Å². The van der Waals surface area contributed by atoms with Crippen LogP contribution in [0.25, 0.3) is 0 Å². The van der Waals surface area contributed by atoms with Gasteiger partial charge < -0.3 is 14.3 Å². The van der Waals surface area contributed by atoms with E-state index >= 15 is 0 Å². The van der Waals surface area contributed by atoms with Crippen molar-refractivity contribution in [2.45, 2.75) is 181 Å². The van der Waals surface area contributed by atoms with Gasteiger partial charge in [0, 0.05) is 22.4 Å². The van der Waals surface area contributed by atoms with Crippen molar-refractivity contribution in [3.63, 3.8) is 0 Å². The molecular weight excluding hydrogens is 585 g/mol. The van der Waals surface area contributed by atoms with Crippen molar-refractivity contribution < 1.29 is 14.2 Å². The lowest BCUT2D eigenvalue weighted by Crippen LogP contribution is -2.50. The highest BCUT2D eigenvalue weighted by Gasteiger charge is 2.53. The van der Waals surface area contributed by atoms with Gasteiger partial charge in [0.1, 0.15) is 0 Å². The van der Waals surface area contributed by atoms with Gasteiger partial charge >= 0.3 is 7.48 Å². The Kier molecular flexibility index (Phi) is 17.3. The summed E-state index contributed by atoms with van der Waals surface area (Å²) in [5.41, 5.74) is 2.59. The average Bonchev–Trinajstić information content (AvgIpc) is 3.18. The third-order valence-electron chi connectivity index (χ3n) is 11.1. The molecule has 2 aliphatic heterocycles. The molecule has 0 aromatic heterocycles. The second-order valence-electron chi connectivity index (χ2n) is 15.5. The number of carbonyl (C=O) groups excluding carboxylic acids is 1. The van der Waals surface area contributed by atoms with E-state index in [1.54, 1.807) is 0 Å². The minimum atomic E-state index is -0.417. The fraction of sp³-hybridized carbons (Fsp3) is 0.825. The largest absolute Gasteiger partial charge is 0.428 e. The first-order chi connectivity index (χ1) is 21.8. The lowest BCUT2D eigenvalue weighted by Gasteiger charge is -2.42. The van der Waals surface area contributed by atoms with E-state index in [4.69, 9.17) is 22.0 Å². The number of rotatable bonds is 16. The molecule has 6 heteroatoms. The molecule has 0 N–H and O–H groups in total. The minimum absolute atomic E-state index is 0.278. The van der Waals surface area contributed by atoms with Crippen LogP contribution in [0.2, 0.25) is 0 Å². The van der Waals surface area contributed by atoms with Gasteiger partial charge in [-0.2, -0.15) is 12.6 Å². The monoisotopic (exact) mass is 657 g/mol. The van der Waals surface area contributed by atoms with Gasteiger partial charge in [-0.3, -0.25) is 4.79 Å². The fourth-order valence-electron chi connectivity index (χ4n) is 6.84. The number of anilines is 1. The molecule has 4 rings (SSSR count).